The molecule has 0 aliphatic rings. The molecule has 1 amide bonds. The topological polar surface area (TPSA) is 127 Å². The Labute approximate surface area is 201 Å². The SMILES string of the molecule is CN(Cc1cnn(-c2ccccc2)c1)C(=O)c1ccccc1NS(=O)(=O)c1cccc([N+](=O)[O-])c1. The number of sulfonamides is 1. The van der Waals surface area contributed by atoms with Gasteiger partial charge in [0.15, 0.2) is 0 Å². The first-order valence-corrected chi connectivity index (χ1v) is 11.9. The zero-order valence-electron chi connectivity index (χ0n) is 18.6. The summed E-state index contributed by atoms with van der Waals surface area (Å²) in [4.78, 5) is 24.7. The molecule has 0 atom stereocenters. The molecule has 1 N–H and O–H groups in total. The van der Waals surface area contributed by atoms with Gasteiger partial charge in [0.05, 0.1) is 33.0 Å². The van der Waals surface area contributed by atoms with Crippen molar-refractivity contribution in [3.63, 3.8) is 0 Å². The predicted octanol–water partition coefficient (Wildman–Crippen LogP) is 3.85. The van der Waals surface area contributed by atoms with Crippen LogP contribution in [0.4, 0.5) is 11.4 Å². The summed E-state index contributed by atoms with van der Waals surface area (Å²) in [6, 6.07) is 20.4. The van der Waals surface area contributed by atoms with E-state index in [1.165, 1.54) is 35.2 Å². The zero-order valence-corrected chi connectivity index (χ0v) is 19.4. The largest absolute Gasteiger partial charge is 0.337 e. The number of carbonyl (C=O) groups is 1. The molecule has 4 rings (SSSR count). The van der Waals surface area contributed by atoms with Crippen molar-refractivity contribution in [2.75, 3.05) is 11.8 Å². The van der Waals surface area contributed by atoms with E-state index in [0.717, 1.165) is 17.3 Å². The normalized spacial score (nSPS) is 11.1. The number of nitrogens with one attached hydrogen (secondary N) is 1. The molecule has 0 aliphatic carbocycles. The Morgan fingerprint density at radius 2 is 1.77 bits per heavy atom. The number of anilines is 1. The number of nitro groups is 1. The number of nitrogens with zero attached hydrogens (tertiary/aromatic N) is 4. The maximum absolute atomic E-state index is 13.2. The van der Waals surface area contributed by atoms with Crippen LogP contribution in [0, 0.1) is 10.1 Å². The Bertz CT molecular complexity index is 1480. The summed E-state index contributed by atoms with van der Waals surface area (Å²) in [5.74, 6) is -0.408. The number of para-hydroxylation sites is 2. The second-order valence-corrected chi connectivity index (χ2v) is 9.38. The summed E-state index contributed by atoms with van der Waals surface area (Å²) in [6.07, 6.45) is 3.48. The predicted molar refractivity (Wildman–Crippen MR) is 130 cm³/mol. The molecule has 178 valence electrons. The number of hydrogen-bond acceptors (Lipinski definition) is 6. The second kappa shape index (κ2) is 9.77. The molecule has 35 heavy (non-hydrogen) atoms. The average Bonchev–Trinajstić information content (AvgIpc) is 3.33. The first kappa shape index (κ1) is 23.6. The minimum atomic E-state index is -4.18. The molecular weight excluding hydrogens is 470 g/mol. The van der Waals surface area contributed by atoms with E-state index in [1.54, 1.807) is 30.1 Å². The summed E-state index contributed by atoms with van der Waals surface area (Å²) in [5, 5.41) is 15.4. The Kier molecular flexibility index (Phi) is 6.60. The summed E-state index contributed by atoms with van der Waals surface area (Å²) in [6.45, 7) is 0.248. The van der Waals surface area contributed by atoms with Crippen molar-refractivity contribution in [1.82, 2.24) is 14.7 Å². The molecule has 0 saturated carbocycles. The smallest absolute Gasteiger partial charge is 0.270 e. The van der Waals surface area contributed by atoms with E-state index in [4.69, 9.17) is 0 Å². The molecule has 11 heteroatoms. The number of hydrogen-bond donors (Lipinski definition) is 1. The van der Waals surface area contributed by atoms with Crippen molar-refractivity contribution >= 4 is 27.3 Å². The summed E-state index contributed by atoms with van der Waals surface area (Å²) in [7, 11) is -2.57. The van der Waals surface area contributed by atoms with Gasteiger partial charge >= 0.3 is 0 Å². The fourth-order valence-corrected chi connectivity index (χ4v) is 4.56. The molecule has 0 bridgehead atoms. The molecule has 0 fully saturated rings. The van der Waals surface area contributed by atoms with E-state index in [2.05, 4.69) is 9.82 Å². The summed E-state index contributed by atoms with van der Waals surface area (Å²) in [5.41, 5.74) is 1.52. The van der Waals surface area contributed by atoms with E-state index in [-0.39, 0.29) is 28.4 Å². The fraction of sp³-hybridized carbons (Fsp3) is 0.0833. The summed E-state index contributed by atoms with van der Waals surface area (Å²) >= 11 is 0. The van der Waals surface area contributed by atoms with E-state index >= 15 is 0 Å². The van der Waals surface area contributed by atoms with Crippen molar-refractivity contribution in [2.24, 2.45) is 0 Å². The lowest BCUT2D eigenvalue weighted by atomic mass is 10.1. The molecule has 1 aromatic heterocycles. The molecule has 0 spiro atoms. The standard InChI is InChI=1S/C24H21N5O5S/c1-27(16-18-15-25-28(17-18)19-8-3-2-4-9-19)24(30)22-12-5-6-13-23(22)26-35(33,34)21-11-7-10-20(14-21)29(31)32/h2-15,17,26H,16H2,1H3. The number of amides is 1. The zero-order chi connectivity index (χ0) is 25.0. The molecule has 0 saturated heterocycles. The van der Waals surface area contributed by atoms with Gasteiger partial charge in [0, 0.05) is 37.5 Å². The third-order valence-electron chi connectivity index (χ3n) is 5.16. The molecule has 0 radical (unpaired) electrons. The van der Waals surface area contributed by atoms with Gasteiger partial charge in [0.2, 0.25) is 0 Å². The molecule has 3 aromatic carbocycles. The van der Waals surface area contributed by atoms with Crippen LogP contribution in [0.25, 0.3) is 5.69 Å². The van der Waals surface area contributed by atoms with E-state index in [1.807, 2.05) is 36.5 Å². The van der Waals surface area contributed by atoms with Gasteiger partial charge in [-0.3, -0.25) is 19.6 Å². The quantitative estimate of drug-likeness (QED) is 0.295. The fourth-order valence-electron chi connectivity index (χ4n) is 3.44. The Hall–Kier alpha value is -4.51. The molecule has 0 aliphatic heterocycles. The molecular formula is C24H21N5O5S. The highest BCUT2D eigenvalue weighted by molar-refractivity contribution is 7.92. The highest BCUT2D eigenvalue weighted by atomic mass is 32.2. The minimum Gasteiger partial charge on any atom is -0.337 e. The van der Waals surface area contributed by atoms with Crippen LogP contribution in [0.15, 0.2) is 96.2 Å². The number of non-ortho nitro benzene ring substituents is 1. The van der Waals surface area contributed by atoms with Crippen LogP contribution in [0.5, 0.6) is 0 Å². The van der Waals surface area contributed by atoms with Crippen LogP contribution < -0.4 is 4.72 Å². The maximum atomic E-state index is 13.2. The summed E-state index contributed by atoms with van der Waals surface area (Å²) < 4.78 is 29.8. The minimum absolute atomic E-state index is 0.0656. The number of benzene rings is 3. The van der Waals surface area contributed by atoms with Crippen LogP contribution in [0.2, 0.25) is 0 Å². The van der Waals surface area contributed by atoms with Crippen LogP contribution in [0.3, 0.4) is 0 Å². The third kappa shape index (κ3) is 5.36. The van der Waals surface area contributed by atoms with Crippen molar-refractivity contribution in [2.45, 2.75) is 11.4 Å². The average molecular weight is 492 g/mol. The van der Waals surface area contributed by atoms with Crippen molar-refractivity contribution in [1.29, 1.82) is 0 Å². The first-order chi connectivity index (χ1) is 16.7. The number of carbonyl (C=O) groups excluding carboxylic acids is 1. The van der Waals surface area contributed by atoms with Crippen LogP contribution in [0.1, 0.15) is 15.9 Å². The van der Waals surface area contributed by atoms with Gasteiger partial charge < -0.3 is 4.90 Å². The second-order valence-electron chi connectivity index (χ2n) is 7.70. The number of nitro benzene ring substituents is 1. The van der Waals surface area contributed by atoms with Gasteiger partial charge in [0.1, 0.15) is 0 Å². The lowest BCUT2D eigenvalue weighted by molar-refractivity contribution is -0.385. The van der Waals surface area contributed by atoms with Crippen molar-refractivity contribution < 1.29 is 18.1 Å². The number of aromatic nitrogens is 2. The van der Waals surface area contributed by atoms with Crippen molar-refractivity contribution in [3.8, 4) is 5.69 Å². The Morgan fingerprint density at radius 1 is 1.06 bits per heavy atom. The van der Waals surface area contributed by atoms with E-state index in [0.29, 0.717) is 0 Å². The third-order valence-corrected chi connectivity index (χ3v) is 6.53. The van der Waals surface area contributed by atoms with E-state index in [9.17, 15) is 23.3 Å². The highest BCUT2D eigenvalue weighted by Gasteiger charge is 2.22. The van der Waals surface area contributed by atoms with Gasteiger partial charge in [-0.15, -0.1) is 0 Å². The van der Waals surface area contributed by atoms with Crippen LogP contribution in [-0.4, -0.2) is 41.0 Å². The van der Waals surface area contributed by atoms with Gasteiger partial charge in [-0.1, -0.05) is 36.4 Å². The van der Waals surface area contributed by atoms with Crippen LogP contribution >= 0.6 is 0 Å². The highest BCUT2D eigenvalue weighted by Crippen LogP contribution is 2.24. The van der Waals surface area contributed by atoms with Gasteiger partial charge in [-0.2, -0.15) is 5.10 Å². The lowest BCUT2D eigenvalue weighted by Gasteiger charge is -2.19. The van der Waals surface area contributed by atoms with E-state index < -0.39 is 20.9 Å². The number of rotatable bonds is 8. The first-order valence-electron chi connectivity index (χ1n) is 10.5. The molecule has 1 heterocycles. The van der Waals surface area contributed by atoms with Gasteiger partial charge in [-0.05, 0) is 30.3 Å². The Balaban J connectivity index is 1.53. The van der Waals surface area contributed by atoms with Crippen LogP contribution in [-0.2, 0) is 16.6 Å². The van der Waals surface area contributed by atoms with Gasteiger partial charge in [-0.25, -0.2) is 13.1 Å². The van der Waals surface area contributed by atoms with Gasteiger partial charge in [0.25, 0.3) is 21.6 Å². The molecule has 10 nitrogen and oxygen atoms in total. The molecule has 4 aromatic rings. The molecule has 0 unspecified atom stereocenters. The lowest BCUT2D eigenvalue weighted by Crippen LogP contribution is -2.27. The maximum Gasteiger partial charge on any atom is 0.270 e. The Morgan fingerprint density at radius 3 is 2.51 bits per heavy atom. The monoisotopic (exact) mass is 491 g/mol. The van der Waals surface area contributed by atoms with Crippen molar-refractivity contribution in [3.05, 3.63) is 112 Å².